The van der Waals surface area contributed by atoms with Crippen LogP contribution >= 0.6 is 0 Å². The van der Waals surface area contributed by atoms with E-state index >= 15 is 0 Å². The van der Waals surface area contributed by atoms with E-state index in [1.165, 1.54) is 11.1 Å². The first kappa shape index (κ1) is 24.5. The molecule has 1 aliphatic heterocycles. The molecule has 6 nitrogen and oxygen atoms in total. The summed E-state index contributed by atoms with van der Waals surface area (Å²) in [5.74, 6) is 0.553. The molecular weight excluding hydrogens is 438 g/mol. The quantitative estimate of drug-likeness (QED) is 0.476. The van der Waals surface area contributed by atoms with Crippen molar-refractivity contribution in [3.05, 3.63) is 94.3 Å². The number of phenols is 1. The Balaban J connectivity index is 1.40. The topological polar surface area (TPSA) is 74.7 Å². The van der Waals surface area contributed by atoms with Crippen LogP contribution in [0.4, 0.5) is 0 Å². The summed E-state index contributed by atoms with van der Waals surface area (Å²) in [4.78, 5) is 19.5. The van der Waals surface area contributed by atoms with Gasteiger partial charge in [0.25, 0.3) is 0 Å². The molecule has 1 atom stereocenters. The van der Waals surface area contributed by atoms with Crippen LogP contribution in [0.1, 0.15) is 40.4 Å². The standard InChI is InChI=1S/C29H33N3O3/c1-20(15-23-9-11-27(33)28(16-23)35-3)32-14-13-25-24(19-32)17-30-21(2)26(25)18-31-29(34)12-10-22-7-5-4-6-8-22/h4-12,16-17,20,33H,13-15,18-19H2,1-3H3,(H,31,34)/b12-10+. The van der Waals surface area contributed by atoms with Crippen molar-refractivity contribution >= 4 is 12.0 Å². The van der Waals surface area contributed by atoms with Gasteiger partial charge in [-0.2, -0.15) is 0 Å². The zero-order chi connectivity index (χ0) is 24.8. The maximum atomic E-state index is 12.4. The minimum atomic E-state index is -0.110. The third-order valence-electron chi connectivity index (χ3n) is 6.69. The van der Waals surface area contributed by atoms with Crippen molar-refractivity contribution in [3.63, 3.8) is 0 Å². The number of nitrogens with zero attached hydrogens (tertiary/aromatic N) is 2. The highest BCUT2D eigenvalue weighted by Crippen LogP contribution is 2.29. The zero-order valence-corrected chi connectivity index (χ0v) is 20.6. The van der Waals surface area contributed by atoms with Gasteiger partial charge in [-0.25, -0.2) is 0 Å². The second kappa shape index (κ2) is 11.2. The third kappa shape index (κ3) is 6.08. The molecule has 6 heteroatoms. The van der Waals surface area contributed by atoms with Crippen LogP contribution in [0.3, 0.4) is 0 Å². The summed E-state index contributed by atoms with van der Waals surface area (Å²) in [6.45, 7) is 6.49. The van der Waals surface area contributed by atoms with Crippen LogP contribution in [-0.2, 0) is 30.7 Å². The Kier molecular flexibility index (Phi) is 7.83. The summed E-state index contributed by atoms with van der Waals surface area (Å²) in [6.07, 6.45) is 7.17. The first-order valence-corrected chi connectivity index (χ1v) is 12.0. The molecule has 4 rings (SSSR count). The Hall–Kier alpha value is -3.64. The lowest BCUT2D eigenvalue weighted by molar-refractivity contribution is -0.116. The number of nitrogens with one attached hydrogen (secondary N) is 1. The molecule has 2 N–H and O–H groups in total. The smallest absolute Gasteiger partial charge is 0.244 e. The van der Waals surface area contributed by atoms with Crippen LogP contribution in [0.2, 0.25) is 0 Å². The number of phenolic OH excluding ortho intramolecular Hbond substituents is 1. The molecule has 2 aromatic carbocycles. The SMILES string of the molecule is COc1cc(CC(C)N2CCc3c(cnc(C)c3CNC(=O)/C=C/c3ccccc3)C2)ccc1O. The molecule has 0 saturated carbocycles. The zero-order valence-electron chi connectivity index (χ0n) is 20.6. The maximum Gasteiger partial charge on any atom is 0.244 e. The monoisotopic (exact) mass is 471 g/mol. The van der Waals surface area contributed by atoms with E-state index in [-0.39, 0.29) is 11.7 Å². The van der Waals surface area contributed by atoms with E-state index in [0.29, 0.717) is 18.3 Å². The van der Waals surface area contributed by atoms with Gasteiger partial charge >= 0.3 is 0 Å². The third-order valence-corrected chi connectivity index (χ3v) is 6.69. The summed E-state index contributed by atoms with van der Waals surface area (Å²) in [5.41, 5.74) is 6.75. The number of aromatic nitrogens is 1. The average molecular weight is 472 g/mol. The van der Waals surface area contributed by atoms with Crippen LogP contribution in [-0.4, -0.2) is 40.6 Å². The number of rotatable bonds is 8. The van der Waals surface area contributed by atoms with E-state index in [2.05, 4.69) is 22.1 Å². The predicted molar refractivity (Wildman–Crippen MR) is 138 cm³/mol. The van der Waals surface area contributed by atoms with Crippen molar-refractivity contribution in [2.75, 3.05) is 13.7 Å². The number of carbonyl (C=O) groups excluding carboxylic acids is 1. The van der Waals surface area contributed by atoms with E-state index in [1.807, 2.05) is 61.7 Å². The van der Waals surface area contributed by atoms with Crippen molar-refractivity contribution in [1.82, 2.24) is 15.2 Å². The summed E-state index contributed by atoms with van der Waals surface area (Å²) in [7, 11) is 1.57. The average Bonchev–Trinajstić information content (AvgIpc) is 2.88. The molecule has 0 spiro atoms. The molecule has 0 radical (unpaired) electrons. The van der Waals surface area contributed by atoms with Gasteiger partial charge in [-0.05, 0) is 72.7 Å². The number of fused-ring (bicyclic) bond motifs is 1. The first-order chi connectivity index (χ1) is 16.9. The Morgan fingerprint density at radius 1 is 1.26 bits per heavy atom. The first-order valence-electron chi connectivity index (χ1n) is 12.0. The number of pyridine rings is 1. The van der Waals surface area contributed by atoms with E-state index in [4.69, 9.17) is 4.74 Å². The molecule has 1 amide bonds. The Morgan fingerprint density at radius 2 is 2.06 bits per heavy atom. The molecule has 0 bridgehead atoms. The van der Waals surface area contributed by atoms with E-state index in [9.17, 15) is 9.90 Å². The lowest BCUT2D eigenvalue weighted by atomic mass is 9.93. The fourth-order valence-electron chi connectivity index (χ4n) is 4.64. The minimum absolute atomic E-state index is 0.110. The summed E-state index contributed by atoms with van der Waals surface area (Å²) in [6, 6.07) is 15.7. The number of ether oxygens (including phenoxy) is 1. The normalized spacial score (nSPS) is 14.5. The number of aromatic hydroxyl groups is 1. The number of aryl methyl sites for hydroxylation is 1. The number of amides is 1. The minimum Gasteiger partial charge on any atom is -0.504 e. The summed E-state index contributed by atoms with van der Waals surface area (Å²) < 4.78 is 5.26. The van der Waals surface area contributed by atoms with Crippen LogP contribution in [0.5, 0.6) is 11.5 Å². The fraction of sp³-hybridized carbons (Fsp3) is 0.310. The van der Waals surface area contributed by atoms with Crippen molar-refractivity contribution in [1.29, 1.82) is 0 Å². The lowest BCUT2D eigenvalue weighted by Gasteiger charge is -2.35. The molecule has 2 heterocycles. The van der Waals surface area contributed by atoms with Crippen molar-refractivity contribution < 1.29 is 14.6 Å². The number of benzene rings is 2. The van der Waals surface area contributed by atoms with Crippen LogP contribution in [0, 0.1) is 6.92 Å². The largest absolute Gasteiger partial charge is 0.504 e. The highest BCUT2D eigenvalue weighted by molar-refractivity contribution is 5.91. The molecule has 0 saturated heterocycles. The molecule has 0 aliphatic carbocycles. The Bertz CT molecular complexity index is 1210. The molecular formula is C29H33N3O3. The molecule has 3 aromatic rings. The maximum absolute atomic E-state index is 12.4. The van der Waals surface area contributed by atoms with Gasteiger partial charge in [-0.1, -0.05) is 36.4 Å². The highest BCUT2D eigenvalue weighted by Gasteiger charge is 2.24. The van der Waals surface area contributed by atoms with Crippen LogP contribution in [0.25, 0.3) is 6.08 Å². The molecule has 1 unspecified atom stereocenters. The number of carbonyl (C=O) groups is 1. The van der Waals surface area contributed by atoms with Gasteiger partial charge in [-0.15, -0.1) is 0 Å². The van der Waals surface area contributed by atoms with Gasteiger partial charge in [0.15, 0.2) is 11.5 Å². The van der Waals surface area contributed by atoms with Crippen molar-refractivity contribution in [2.45, 2.75) is 45.8 Å². The number of hydrogen-bond donors (Lipinski definition) is 2. The molecule has 35 heavy (non-hydrogen) atoms. The van der Waals surface area contributed by atoms with E-state index in [1.54, 1.807) is 19.3 Å². The van der Waals surface area contributed by atoms with Crippen molar-refractivity contribution in [2.24, 2.45) is 0 Å². The van der Waals surface area contributed by atoms with Crippen molar-refractivity contribution in [3.8, 4) is 11.5 Å². The summed E-state index contributed by atoms with van der Waals surface area (Å²) >= 11 is 0. The van der Waals surface area contributed by atoms with Crippen LogP contribution < -0.4 is 10.1 Å². The molecule has 0 fully saturated rings. The van der Waals surface area contributed by atoms with Gasteiger partial charge in [0.1, 0.15) is 0 Å². The molecule has 1 aliphatic rings. The van der Waals surface area contributed by atoms with Gasteiger partial charge in [0, 0.05) is 43.6 Å². The summed E-state index contributed by atoms with van der Waals surface area (Å²) in [5, 5.41) is 12.9. The van der Waals surface area contributed by atoms with Gasteiger partial charge in [-0.3, -0.25) is 14.7 Å². The fourth-order valence-corrected chi connectivity index (χ4v) is 4.64. The molecule has 1 aromatic heterocycles. The van der Waals surface area contributed by atoms with E-state index < -0.39 is 0 Å². The second-order valence-electron chi connectivity index (χ2n) is 9.07. The second-order valence-corrected chi connectivity index (χ2v) is 9.07. The molecule has 182 valence electrons. The van der Waals surface area contributed by atoms with E-state index in [0.717, 1.165) is 48.3 Å². The number of hydrogen-bond acceptors (Lipinski definition) is 5. The van der Waals surface area contributed by atoms with Gasteiger partial charge in [0.2, 0.25) is 5.91 Å². The van der Waals surface area contributed by atoms with Crippen LogP contribution in [0.15, 0.2) is 60.8 Å². The number of methoxy groups -OCH3 is 1. The highest BCUT2D eigenvalue weighted by atomic mass is 16.5. The van der Waals surface area contributed by atoms with Gasteiger partial charge in [0.05, 0.1) is 7.11 Å². The Morgan fingerprint density at radius 3 is 2.83 bits per heavy atom. The van der Waals surface area contributed by atoms with Gasteiger partial charge < -0.3 is 15.2 Å². The lowest BCUT2D eigenvalue weighted by Crippen LogP contribution is -2.39. The predicted octanol–water partition coefficient (Wildman–Crippen LogP) is 4.42. The Labute approximate surface area is 207 Å².